The van der Waals surface area contributed by atoms with Crippen molar-refractivity contribution < 1.29 is 9.53 Å². The van der Waals surface area contributed by atoms with Crippen molar-refractivity contribution in [3.8, 4) is 22.5 Å². The number of imidazole rings is 1. The zero-order valence-corrected chi connectivity index (χ0v) is 15.2. The van der Waals surface area contributed by atoms with E-state index in [0.717, 1.165) is 46.3 Å². The summed E-state index contributed by atoms with van der Waals surface area (Å²) in [4.78, 5) is 19.7. The van der Waals surface area contributed by atoms with Crippen LogP contribution in [-0.4, -0.2) is 27.8 Å². The van der Waals surface area contributed by atoms with Gasteiger partial charge >= 0.3 is 5.97 Å². The van der Waals surface area contributed by atoms with Crippen LogP contribution in [0.3, 0.4) is 0 Å². The van der Waals surface area contributed by atoms with Gasteiger partial charge in [-0.3, -0.25) is 4.79 Å². The molecule has 4 nitrogen and oxygen atoms in total. The van der Waals surface area contributed by atoms with Crippen LogP contribution >= 0.6 is 11.8 Å². The molecule has 0 bridgehead atoms. The van der Waals surface area contributed by atoms with E-state index in [4.69, 9.17) is 9.72 Å². The Morgan fingerprint density at radius 3 is 2.42 bits per heavy atom. The molecule has 132 valence electrons. The molecular weight excluding hydrogens is 344 g/mol. The normalized spacial score (nSPS) is 17.1. The first kappa shape index (κ1) is 16.9. The van der Waals surface area contributed by atoms with E-state index in [1.807, 2.05) is 36.4 Å². The molecule has 1 aliphatic heterocycles. The average molecular weight is 364 g/mol. The Labute approximate surface area is 157 Å². The third kappa shape index (κ3) is 3.83. The molecule has 1 N–H and O–H groups in total. The number of H-pyrrole nitrogens is 1. The summed E-state index contributed by atoms with van der Waals surface area (Å²) in [6, 6.07) is 20.4. The van der Waals surface area contributed by atoms with Crippen molar-refractivity contribution in [3.63, 3.8) is 0 Å². The summed E-state index contributed by atoms with van der Waals surface area (Å²) in [5.74, 6) is 0.637. The van der Waals surface area contributed by atoms with Crippen LogP contribution in [0.1, 0.15) is 19.3 Å². The van der Waals surface area contributed by atoms with Crippen LogP contribution in [0.15, 0.2) is 65.8 Å². The van der Waals surface area contributed by atoms with Crippen molar-refractivity contribution in [1.82, 2.24) is 9.97 Å². The van der Waals surface area contributed by atoms with Gasteiger partial charge in [0.15, 0.2) is 5.16 Å². The van der Waals surface area contributed by atoms with Crippen molar-refractivity contribution in [3.05, 3.63) is 60.7 Å². The molecule has 1 atom stereocenters. The van der Waals surface area contributed by atoms with E-state index in [2.05, 4.69) is 29.2 Å². The number of thioether (sulfide) groups is 1. The summed E-state index contributed by atoms with van der Waals surface area (Å²) in [5, 5.41) is 0.851. The molecule has 2 heterocycles. The lowest BCUT2D eigenvalue weighted by Crippen LogP contribution is -2.25. The highest BCUT2D eigenvalue weighted by atomic mass is 32.2. The number of nitrogens with one attached hydrogen (secondary N) is 1. The molecule has 0 spiro atoms. The summed E-state index contributed by atoms with van der Waals surface area (Å²) in [5.41, 5.74) is 4.15. The Kier molecular flexibility index (Phi) is 5.07. The fourth-order valence-corrected chi connectivity index (χ4v) is 4.01. The number of rotatable bonds is 5. The van der Waals surface area contributed by atoms with Crippen molar-refractivity contribution in [1.29, 1.82) is 0 Å². The van der Waals surface area contributed by atoms with Crippen molar-refractivity contribution in [2.24, 2.45) is 0 Å². The van der Waals surface area contributed by atoms with E-state index in [9.17, 15) is 4.79 Å². The van der Waals surface area contributed by atoms with Gasteiger partial charge in [-0.1, -0.05) is 72.4 Å². The number of hydrogen-bond acceptors (Lipinski definition) is 4. The summed E-state index contributed by atoms with van der Waals surface area (Å²) in [6.45, 7) is 0. The topological polar surface area (TPSA) is 55.0 Å². The molecule has 2 aromatic carbocycles. The lowest BCUT2D eigenvalue weighted by Gasteiger charge is -2.21. The quantitative estimate of drug-likeness (QED) is 0.515. The SMILES string of the molecule is O=C1CCC[C@H](CSc2nc(-c3ccccc3)c(-c3ccccc3)[nH]2)O1. The van der Waals surface area contributed by atoms with Crippen LogP contribution in [0.2, 0.25) is 0 Å². The molecular formula is C21H20N2O2S. The van der Waals surface area contributed by atoms with Gasteiger partial charge in [0, 0.05) is 23.3 Å². The standard InChI is InChI=1S/C21H20N2O2S/c24-18-13-7-12-17(25-18)14-26-21-22-19(15-8-3-1-4-9-15)20(23-21)16-10-5-2-6-11-16/h1-6,8-11,17H,7,12-14H2,(H,22,23)/t17-/m1/s1. The highest BCUT2D eigenvalue weighted by Gasteiger charge is 2.21. The number of carbonyl (C=O) groups excluding carboxylic acids is 1. The van der Waals surface area contributed by atoms with E-state index in [0.29, 0.717) is 6.42 Å². The van der Waals surface area contributed by atoms with Gasteiger partial charge in [-0.05, 0) is 12.8 Å². The number of aromatic amines is 1. The average Bonchev–Trinajstić information content (AvgIpc) is 3.12. The summed E-state index contributed by atoms with van der Waals surface area (Å²) < 4.78 is 5.41. The van der Waals surface area contributed by atoms with E-state index in [1.54, 1.807) is 11.8 Å². The summed E-state index contributed by atoms with van der Waals surface area (Å²) in [6.07, 6.45) is 2.35. The predicted molar refractivity (Wildman–Crippen MR) is 104 cm³/mol. The van der Waals surface area contributed by atoms with Crippen molar-refractivity contribution in [2.45, 2.75) is 30.5 Å². The number of aromatic nitrogens is 2. The first-order chi connectivity index (χ1) is 12.8. The van der Waals surface area contributed by atoms with Crippen LogP contribution in [0.25, 0.3) is 22.5 Å². The maximum atomic E-state index is 11.5. The molecule has 0 unspecified atom stereocenters. The van der Waals surface area contributed by atoms with Crippen LogP contribution in [0, 0.1) is 0 Å². The number of cyclic esters (lactones) is 1. The Morgan fingerprint density at radius 1 is 1.04 bits per heavy atom. The number of benzene rings is 2. The number of esters is 1. The molecule has 3 aromatic rings. The van der Waals surface area contributed by atoms with Gasteiger partial charge in [-0.15, -0.1) is 0 Å². The van der Waals surface area contributed by atoms with Crippen molar-refractivity contribution in [2.75, 3.05) is 5.75 Å². The second kappa shape index (κ2) is 7.79. The fourth-order valence-electron chi connectivity index (χ4n) is 3.11. The molecule has 1 aliphatic rings. The smallest absolute Gasteiger partial charge is 0.306 e. The van der Waals surface area contributed by atoms with Crippen LogP contribution in [-0.2, 0) is 9.53 Å². The van der Waals surface area contributed by atoms with Crippen molar-refractivity contribution >= 4 is 17.7 Å². The number of carbonyl (C=O) groups is 1. The lowest BCUT2D eigenvalue weighted by molar-refractivity contribution is -0.152. The summed E-state index contributed by atoms with van der Waals surface area (Å²) in [7, 11) is 0. The molecule has 0 aliphatic carbocycles. The third-order valence-electron chi connectivity index (χ3n) is 4.40. The van der Waals surface area contributed by atoms with Gasteiger partial charge < -0.3 is 9.72 Å². The maximum absolute atomic E-state index is 11.5. The van der Waals surface area contributed by atoms with Gasteiger partial charge in [0.05, 0.1) is 11.4 Å². The molecule has 5 heteroatoms. The van der Waals surface area contributed by atoms with Crippen LogP contribution in [0.4, 0.5) is 0 Å². The fraction of sp³-hybridized carbons (Fsp3) is 0.238. The van der Waals surface area contributed by atoms with Crippen LogP contribution in [0.5, 0.6) is 0 Å². The molecule has 1 saturated heterocycles. The third-order valence-corrected chi connectivity index (χ3v) is 5.41. The maximum Gasteiger partial charge on any atom is 0.306 e. The molecule has 0 saturated carbocycles. The molecule has 1 aromatic heterocycles. The monoisotopic (exact) mass is 364 g/mol. The second-order valence-electron chi connectivity index (χ2n) is 6.31. The highest BCUT2D eigenvalue weighted by molar-refractivity contribution is 7.99. The van der Waals surface area contributed by atoms with Gasteiger partial charge in [0.1, 0.15) is 6.10 Å². The summed E-state index contributed by atoms with van der Waals surface area (Å²) >= 11 is 1.61. The Morgan fingerprint density at radius 2 is 1.73 bits per heavy atom. The van der Waals surface area contributed by atoms with E-state index in [-0.39, 0.29) is 12.1 Å². The van der Waals surface area contributed by atoms with E-state index < -0.39 is 0 Å². The first-order valence-electron chi connectivity index (χ1n) is 8.83. The lowest BCUT2D eigenvalue weighted by atomic mass is 10.1. The van der Waals surface area contributed by atoms with E-state index >= 15 is 0 Å². The number of hydrogen-bond donors (Lipinski definition) is 1. The first-order valence-corrected chi connectivity index (χ1v) is 9.81. The minimum Gasteiger partial charge on any atom is -0.461 e. The van der Waals surface area contributed by atoms with Gasteiger partial charge in [-0.25, -0.2) is 4.98 Å². The minimum absolute atomic E-state index is 0.0216. The Hall–Kier alpha value is -2.53. The molecule has 0 radical (unpaired) electrons. The zero-order chi connectivity index (χ0) is 17.8. The van der Waals surface area contributed by atoms with Crippen LogP contribution < -0.4 is 0 Å². The largest absolute Gasteiger partial charge is 0.461 e. The predicted octanol–water partition coefficient (Wildman–Crippen LogP) is 4.93. The van der Waals surface area contributed by atoms with Gasteiger partial charge in [0.2, 0.25) is 0 Å². The second-order valence-corrected chi connectivity index (χ2v) is 7.32. The molecule has 1 fully saturated rings. The van der Waals surface area contributed by atoms with Gasteiger partial charge in [0.25, 0.3) is 0 Å². The number of nitrogens with zero attached hydrogens (tertiary/aromatic N) is 1. The Bertz CT molecular complexity index is 821. The number of ether oxygens (including phenoxy) is 1. The highest BCUT2D eigenvalue weighted by Crippen LogP contribution is 2.33. The Balaban J connectivity index is 1.60. The molecule has 4 rings (SSSR count). The molecule has 26 heavy (non-hydrogen) atoms. The van der Waals surface area contributed by atoms with Gasteiger partial charge in [-0.2, -0.15) is 0 Å². The minimum atomic E-state index is -0.0868. The molecule has 0 amide bonds. The van der Waals surface area contributed by atoms with E-state index in [1.165, 1.54) is 0 Å². The zero-order valence-electron chi connectivity index (χ0n) is 14.4.